The topological polar surface area (TPSA) is 16.4 Å². The van der Waals surface area contributed by atoms with Gasteiger partial charge in [0.15, 0.2) is 0 Å². The van der Waals surface area contributed by atoms with Crippen LogP contribution in [0.4, 0.5) is 17.1 Å². The number of anilines is 3. The maximum Gasteiger partial charge on any atom is 0.135 e. The number of nitrogens with zero attached hydrogens (tertiary/aromatic N) is 1. The molecule has 0 unspecified atom stereocenters. The van der Waals surface area contributed by atoms with Crippen LogP contribution in [0.15, 0.2) is 241 Å². The fraction of sp³-hybridized carbons (Fsp3) is 0. The van der Waals surface area contributed by atoms with Gasteiger partial charge in [0.2, 0.25) is 0 Å². The van der Waals surface area contributed by atoms with Crippen molar-refractivity contribution in [2.75, 3.05) is 4.90 Å². The van der Waals surface area contributed by atoms with Crippen molar-refractivity contribution in [2.24, 2.45) is 0 Å². The van der Waals surface area contributed by atoms with Gasteiger partial charge in [-0.2, -0.15) is 0 Å². The van der Waals surface area contributed by atoms with Crippen LogP contribution in [0.5, 0.6) is 0 Å². The quantitative estimate of drug-likeness (QED) is 0.143. The minimum Gasteiger partial charge on any atom is -0.456 e. The van der Waals surface area contributed by atoms with E-state index in [1.54, 1.807) is 0 Å². The van der Waals surface area contributed by atoms with Gasteiger partial charge in [-0.05, 0) is 115 Å². The van der Waals surface area contributed by atoms with Crippen molar-refractivity contribution in [1.29, 1.82) is 0 Å². The third-order valence-electron chi connectivity index (χ3n) is 11.7. The number of hydrogen-bond donors (Lipinski definition) is 0. The summed E-state index contributed by atoms with van der Waals surface area (Å²) in [6, 6.07) is 84.9. The second-order valence-electron chi connectivity index (χ2n) is 15.3. The van der Waals surface area contributed by atoms with Crippen LogP contribution < -0.4 is 4.90 Å². The highest BCUT2D eigenvalue weighted by molar-refractivity contribution is 6.08. The average molecular weight is 766 g/mol. The summed E-state index contributed by atoms with van der Waals surface area (Å²) in [4.78, 5) is 2.38. The van der Waals surface area contributed by atoms with Crippen molar-refractivity contribution in [2.45, 2.75) is 0 Å². The molecule has 1 heterocycles. The van der Waals surface area contributed by atoms with Gasteiger partial charge in [0.1, 0.15) is 11.3 Å². The molecule has 11 aromatic rings. The van der Waals surface area contributed by atoms with Gasteiger partial charge in [-0.15, -0.1) is 0 Å². The lowest BCUT2D eigenvalue weighted by atomic mass is 9.97. The van der Waals surface area contributed by atoms with E-state index < -0.39 is 0 Å². The van der Waals surface area contributed by atoms with Gasteiger partial charge in [-0.1, -0.05) is 182 Å². The molecule has 60 heavy (non-hydrogen) atoms. The van der Waals surface area contributed by atoms with Crippen LogP contribution in [0.3, 0.4) is 0 Å². The summed E-state index contributed by atoms with van der Waals surface area (Å²) >= 11 is 0. The van der Waals surface area contributed by atoms with E-state index in [-0.39, 0.29) is 0 Å². The molecule has 0 saturated carbocycles. The summed E-state index contributed by atoms with van der Waals surface area (Å²) in [5.74, 6) is 0.880. The molecule has 1 aromatic heterocycles. The molecule has 0 bridgehead atoms. The molecule has 10 aromatic carbocycles. The zero-order valence-corrected chi connectivity index (χ0v) is 32.9. The third-order valence-corrected chi connectivity index (χ3v) is 11.7. The fourth-order valence-corrected chi connectivity index (χ4v) is 8.59. The van der Waals surface area contributed by atoms with E-state index in [0.717, 1.165) is 56.0 Å². The Morgan fingerprint density at radius 3 is 1.53 bits per heavy atom. The minimum absolute atomic E-state index is 0.880. The van der Waals surface area contributed by atoms with Gasteiger partial charge in [-0.3, -0.25) is 0 Å². The van der Waals surface area contributed by atoms with Crippen molar-refractivity contribution in [3.05, 3.63) is 237 Å². The highest BCUT2D eigenvalue weighted by atomic mass is 16.3. The Kier molecular flexibility index (Phi) is 8.87. The molecule has 0 N–H and O–H groups in total. The van der Waals surface area contributed by atoms with Crippen molar-refractivity contribution in [3.8, 4) is 55.8 Å². The molecule has 2 nitrogen and oxygen atoms in total. The van der Waals surface area contributed by atoms with E-state index >= 15 is 0 Å². The Balaban J connectivity index is 0.915. The van der Waals surface area contributed by atoms with Crippen molar-refractivity contribution in [3.63, 3.8) is 0 Å². The molecular weight excluding hydrogens is 727 g/mol. The van der Waals surface area contributed by atoms with Crippen LogP contribution in [0.2, 0.25) is 0 Å². The van der Waals surface area contributed by atoms with Crippen LogP contribution in [-0.2, 0) is 0 Å². The zero-order valence-electron chi connectivity index (χ0n) is 32.9. The Morgan fingerprint density at radius 1 is 0.283 bits per heavy atom. The van der Waals surface area contributed by atoms with Crippen molar-refractivity contribution in [1.82, 2.24) is 0 Å². The Morgan fingerprint density at radius 2 is 0.800 bits per heavy atom. The first kappa shape index (κ1) is 35.2. The lowest BCUT2D eigenvalue weighted by molar-refractivity contribution is 0.631. The monoisotopic (exact) mass is 765 g/mol. The van der Waals surface area contributed by atoms with Gasteiger partial charge in [0.05, 0.1) is 5.69 Å². The van der Waals surface area contributed by atoms with E-state index in [1.807, 2.05) is 18.2 Å². The van der Waals surface area contributed by atoms with E-state index in [2.05, 4.69) is 223 Å². The van der Waals surface area contributed by atoms with Gasteiger partial charge in [0.25, 0.3) is 0 Å². The van der Waals surface area contributed by atoms with Gasteiger partial charge >= 0.3 is 0 Å². The predicted octanol–water partition coefficient (Wildman–Crippen LogP) is 16.5. The van der Waals surface area contributed by atoms with Gasteiger partial charge in [0, 0.05) is 27.9 Å². The molecule has 0 spiro atoms. The number of fused-ring (bicyclic) bond motifs is 4. The average Bonchev–Trinajstić information content (AvgIpc) is 3.77. The van der Waals surface area contributed by atoms with Crippen molar-refractivity contribution >= 4 is 49.6 Å². The molecule has 0 amide bonds. The largest absolute Gasteiger partial charge is 0.456 e. The molecule has 0 saturated heterocycles. The molecule has 0 atom stereocenters. The summed E-state index contributed by atoms with van der Waals surface area (Å²) in [6.45, 7) is 0. The first-order chi connectivity index (χ1) is 29.7. The lowest BCUT2D eigenvalue weighted by Crippen LogP contribution is -2.11. The highest BCUT2D eigenvalue weighted by Crippen LogP contribution is 2.42. The molecule has 0 radical (unpaired) electrons. The molecular formula is C58H39NO. The molecule has 11 rings (SSSR count). The number of para-hydroxylation sites is 2. The normalized spacial score (nSPS) is 11.3. The molecule has 0 aliphatic heterocycles. The number of hydrogen-bond acceptors (Lipinski definition) is 2. The molecule has 0 fully saturated rings. The van der Waals surface area contributed by atoms with Crippen molar-refractivity contribution < 1.29 is 4.42 Å². The number of benzene rings is 10. The zero-order chi connectivity index (χ0) is 39.8. The second-order valence-corrected chi connectivity index (χ2v) is 15.3. The van der Waals surface area contributed by atoms with E-state index in [0.29, 0.717) is 0 Å². The molecule has 2 heteroatoms. The first-order valence-corrected chi connectivity index (χ1v) is 20.5. The number of furan rings is 1. The van der Waals surface area contributed by atoms with Crippen LogP contribution in [0, 0.1) is 0 Å². The molecule has 0 aliphatic carbocycles. The summed E-state index contributed by atoms with van der Waals surface area (Å²) in [5, 5.41) is 6.19. The van der Waals surface area contributed by atoms with E-state index in [4.69, 9.17) is 4.42 Å². The third kappa shape index (κ3) is 6.61. The van der Waals surface area contributed by atoms with Crippen LogP contribution in [0.1, 0.15) is 0 Å². The summed E-state index contributed by atoms with van der Waals surface area (Å²) < 4.78 is 6.18. The van der Waals surface area contributed by atoms with Crippen LogP contribution in [-0.4, -0.2) is 0 Å². The Hall–Kier alpha value is -7.94. The van der Waals surface area contributed by atoms with Crippen LogP contribution in [0.25, 0.3) is 88.3 Å². The van der Waals surface area contributed by atoms with Crippen LogP contribution >= 0.6 is 0 Å². The van der Waals surface area contributed by atoms with E-state index in [9.17, 15) is 0 Å². The van der Waals surface area contributed by atoms with Gasteiger partial charge < -0.3 is 9.32 Å². The number of rotatable bonds is 8. The molecule has 0 aliphatic rings. The predicted molar refractivity (Wildman–Crippen MR) is 253 cm³/mol. The summed E-state index contributed by atoms with van der Waals surface area (Å²) in [6.07, 6.45) is 0. The standard InChI is InChI=1S/C58H39NO/c1-2-11-44(12-3-1)55-18-7-8-19-56(55)59(52-34-29-43(30-35-52)47-31-36-54-48(37-47)26-25-45-13-4-6-17-53(45)54)51-32-27-41(28-33-51)40-21-23-42(24-22-40)46-15-10-16-49(38-46)58-39-50-14-5-9-20-57(50)60-58/h1-39H. The highest BCUT2D eigenvalue weighted by Gasteiger charge is 2.18. The SMILES string of the molecule is c1ccc(-c2ccccc2N(c2ccc(-c3ccc(-c4cccc(-c5cc6ccccc6o5)c4)cc3)cc2)c2ccc(-c3ccc4c(ccc5ccccc54)c3)cc2)cc1. The second kappa shape index (κ2) is 15.1. The van der Waals surface area contributed by atoms with Gasteiger partial charge in [-0.25, -0.2) is 0 Å². The maximum absolute atomic E-state index is 6.18. The Labute approximate surface area is 349 Å². The smallest absolute Gasteiger partial charge is 0.135 e. The summed E-state index contributed by atoms with van der Waals surface area (Å²) in [5.41, 5.74) is 14.7. The Bertz CT molecular complexity index is 3260. The molecule has 282 valence electrons. The fourth-order valence-electron chi connectivity index (χ4n) is 8.59. The summed E-state index contributed by atoms with van der Waals surface area (Å²) in [7, 11) is 0. The first-order valence-electron chi connectivity index (χ1n) is 20.5. The maximum atomic E-state index is 6.18. The minimum atomic E-state index is 0.880. The lowest BCUT2D eigenvalue weighted by Gasteiger charge is -2.28. The van der Waals surface area contributed by atoms with E-state index in [1.165, 1.54) is 49.4 Å².